The van der Waals surface area contributed by atoms with Crippen molar-refractivity contribution in [2.45, 2.75) is 0 Å². The van der Waals surface area contributed by atoms with E-state index in [0.29, 0.717) is 22.5 Å². The lowest BCUT2D eigenvalue weighted by Gasteiger charge is -2.23. The van der Waals surface area contributed by atoms with Crippen molar-refractivity contribution in [1.29, 1.82) is 0 Å². The molecule has 0 aliphatic heterocycles. The van der Waals surface area contributed by atoms with Gasteiger partial charge in [-0.15, -0.1) is 0 Å². The Kier molecular flexibility index (Phi) is 5.24. The monoisotopic (exact) mass is 417 g/mol. The molecule has 0 saturated carbocycles. The van der Waals surface area contributed by atoms with Crippen LogP contribution >= 0.6 is 0 Å². The number of benzene rings is 2. The van der Waals surface area contributed by atoms with Crippen molar-refractivity contribution in [3.8, 4) is 0 Å². The molecular weight excluding hydrogens is 394 g/mol. The van der Waals surface area contributed by atoms with Gasteiger partial charge in [0.2, 0.25) is 0 Å². The van der Waals surface area contributed by atoms with Crippen molar-refractivity contribution >= 4 is 38.5 Å². The van der Waals surface area contributed by atoms with Gasteiger partial charge in [0.25, 0.3) is 5.91 Å². The summed E-state index contributed by atoms with van der Waals surface area (Å²) in [6.45, 7) is 0. The van der Waals surface area contributed by atoms with Crippen LogP contribution in [0, 0.1) is 0 Å². The predicted molar refractivity (Wildman–Crippen MR) is 114 cm³/mol. The smallest absolute Gasteiger partial charge is 0.322 e. The maximum absolute atomic E-state index is 12.6. The van der Waals surface area contributed by atoms with E-state index in [1.165, 1.54) is 30.3 Å². The van der Waals surface area contributed by atoms with Gasteiger partial charge in [-0.3, -0.25) is 18.2 Å². The van der Waals surface area contributed by atoms with Crippen molar-refractivity contribution in [3.63, 3.8) is 0 Å². The van der Waals surface area contributed by atoms with Gasteiger partial charge >= 0.3 is 15.9 Å². The molecule has 3 aromatic rings. The highest BCUT2D eigenvalue weighted by molar-refractivity contribution is 7.90. The third-order valence-electron chi connectivity index (χ3n) is 4.83. The molecule has 9 nitrogen and oxygen atoms in total. The van der Waals surface area contributed by atoms with Crippen LogP contribution in [-0.2, 0) is 24.3 Å². The number of imidazole rings is 1. The first-order chi connectivity index (χ1) is 13.5. The highest BCUT2D eigenvalue weighted by Crippen LogP contribution is 2.21. The van der Waals surface area contributed by atoms with E-state index in [1.54, 1.807) is 56.6 Å². The molecule has 10 heteroatoms. The Bertz CT molecular complexity index is 1240. The normalized spacial score (nSPS) is 11.8. The number of rotatable bonds is 5. The Morgan fingerprint density at radius 2 is 1.52 bits per heavy atom. The highest BCUT2D eigenvalue weighted by atomic mass is 32.2. The number of amides is 1. The van der Waals surface area contributed by atoms with E-state index in [0.717, 1.165) is 14.1 Å². The maximum atomic E-state index is 12.6. The minimum Gasteiger partial charge on any atom is -0.322 e. The molecule has 0 unspecified atom stereocenters. The van der Waals surface area contributed by atoms with Crippen LogP contribution in [0.25, 0.3) is 11.0 Å². The molecule has 0 aliphatic carbocycles. The van der Waals surface area contributed by atoms with Crippen LogP contribution in [-0.4, -0.2) is 48.9 Å². The second-order valence-electron chi connectivity index (χ2n) is 6.86. The first kappa shape index (κ1) is 20.6. The van der Waals surface area contributed by atoms with Crippen LogP contribution in [0.15, 0.2) is 47.3 Å². The number of carbonyl (C=O) groups is 1. The summed E-state index contributed by atoms with van der Waals surface area (Å²) < 4.78 is 29.7. The number of anilines is 2. The SMILES string of the molecule is CN(C)S(=O)(=O)N(C)c1ccc(C(=O)Nc2ccc3c(c2)n(C)c(=O)n3C)cc1. The largest absolute Gasteiger partial charge is 0.328 e. The van der Waals surface area contributed by atoms with Crippen molar-refractivity contribution in [1.82, 2.24) is 13.4 Å². The molecule has 2 aromatic carbocycles. The van der Waals surface area contributed by atoms with Crippen LogP contribution in [0.2, 0.25) is 0 Å². The van der Waals surface area contributed by atoms with Gasteiger partial charge in [-0.05, 0) is 42.5 Å². The fourth-order valence-corrected chi connectivity index (χ4v) is 3.87. The first-order valence-electron chi connectivity index (χ1n) is 8.77. The Morgan fingerprint density at radius 1 is 0.931 bits per heavy atom. The third-order valence-corrected chi connectivity index (χ3v) is 6.66. The number of aromatic nitrogens is 2. The molecule has 0 atom stereocenters. The average molecular weight is 417 g/mol. The Hall–Kier alpha value is -3.11. The molecule has 1 amide bonds. The second-order valence-corrected chi connectivity index (χ2v) is 9.04. The van der Waals surface area contributed by atoms with Crippen LogP contribution in [0.3, 0.4) is 0 Å². The van der Waals surface area contributed by atoms with E-state index < -0.39 is 10.2 Å². The summed E-state index contributed by atoms with van der Waals surface area (Å²) in [5.41, 5.74) is 2.71. The van der Waals surface area contributed by atoms with Gasteiger partial charge in [-0.1, -0.05) is 0 Å². The molecule has 154 valence electrons. The zero-order valence-electron chi connectivity index (χ0n) is 16.9. The number of hydrogen-bond donors (Lipinski definition) is 1. The molecule has 3 rings (SSSR count). The van der Waals surface area contributed by atoms with Crippen LogP contribution in [0.5, 0.6) is 0 Å². The molecule has 0 radical (unpaired) electrons. The number of nitrogens with zero attached hydrogens (tertiary/aromatic N) is 4. The van der Waals surface area contributed by atoms with E-state index in [9.17, 15) is 18.0 Å². The van der Waals surface area contributed by atoms with Crippen molar-refractivity contribution in [3.05, 3.63) is 58.5 Å². The Morgan fingerprint density at radius 3 is 2.10 bits per heavy atom. The topological polar surface area (TPSA) is 96.7 Å². The zero-order valence-corrected chi connectivity index (χ0v) is 17.7. The average Bonchev–Trinajstić information content (AvgIpc) is 2.91. The molecule has 1 heterocycles. The van der Waals surface area contributed by atoms with Crippen LogP contribution in [0.1, 0.15) is 10.4 Å². The minimum absolute atomic E-state index is 0.143. The number of fused-ring (bicyclic) bond motifs is 1. The summed E-state index contributed by atoms with van der Waals surface area (Å²) in [5, 5.41) is 2.80. The van der Waals surface area contributed by atoms with Crippen LogP contribution < -0.4 is 15.3 Å². The predicted octanol–water partition coefficient (Wildman–Crippen LogP) is 1.37. The van der Waals surface area contributed by atoms with Crippen molar-refractivity contribution in [2.24, 2.45) is 14.1 Å². The van der Waals surface area contributed by atoms with Crippen LogP contribution in [0.4, 0.5) is 11.4 Å². The van der Waals surface area contributed by atoms with Gasteiger partial charge in [0, 0.05) is 46.5 Å². The summed E-state index contributed by atoms with van der Waals surface area (Å²) in [6.07, 6.45) is 0. The third kappa shape index (κ3) is 3.64. The molecular formula is C19H23N5O4S. The van der Waals surface area contributed by atoms with Gasteiger partial charge in [0.15, 0.2) is 0 Å². The fourth-order valence-electron chi connectivity index (χ4n) is 2.99. The van der Waals surface area contributed by atoms with E-state index in [-0.39, 0.29) is 11.6 Å². The van der Waals surface area contributed by atoms with E-state index >= 15 is 0 Å². The standard InChI is InChI=1S/C19H23N5O4S/c1-21(2)29(27,28)24(5)15-9-6-13(7-10-15)18(25)20-14-8-11-16-17(12-14)23(4)19(26)22(16)3/h6-12H,1-5H3,(H,20,25). The van der Waals surface area contributed by atoms with Crippen molar-refractivity contribution in [2.75, 3.05) is 30.8 Å². The molecule has 1 N–H and O–H groups in total. The Balaban J connectivity index is 1.82. The van der Waals surface area contributed by atoms with Gasteiger partial charge in [0.1, 0.15) is 0 Å². The summed E-state index contributed by atoms with van der Waals surface area (Å²) in [7, 11) is 4.12. The Labute approximate surface area is 168 Å². The van der Waals surface area contributed by atoms with E-state index in [4.69, 9.17) is 0 Å². The molecule has 1 aromatic heterocycles. The quantitative estimate of drug-likeness (QED) is 0.678. The van der Waals surface area contributed by atoms with E-state index in [1.807, 2.05) is 0 Å². The van der Waals surface area contributed by atoms with Gasteiger partial charge in [0.05, 0.1) is 16.7 Å². The van der Waals surface area contributed by atoms with Gasteiger partial charge < -0.3 is 5.32 Å². The number of carbonyl (C=O) groups excluding carboxylic acids is 1. The molecule has 29 heavy (non-hydrogen) atoms. The summed E-state index contributed by atoms with van der Waals surface area (Å²) in [5.74, 6) is -0.338. The van der Waals surface area contributed by atoms with Gasteiger partial charge in [-0.2, -0.15) is 12.7 Å². The number of nitrogens with one attached hydrogen (secondary N) is 1. The first-order valence-corrected chi connectivity index (χ1v) is 10.2. The fraction of sp³-hybridized carbons (Fsp3) is 0.263. The summed E-state index contributed by atoms with van der Waals surface area (Å²) in [4.78, 5) is 24.6. The molecule has 0 aliphatic rings. The number of aryl methyl sites for hydroxylation is 2. The second kappa shape index (κ2) is 7.37. The lowest BCUT2D eigenvalue weighted by Crippen LogP contribution is -2.37. The molecule has 0 bridgehead atoms. The molecule has 0 saturated heterocycles. The number of hydrogen-bond acceptors (Lipinski definition) is 4. The maximum Gasteiger partial charge on any atom is 0.328 e. The van der Waals surface area contributed by atoms with Gasteiger partial charge in [-0.25, -0.2) is 4.79 Å². The highest BCUT2D eigenvalue weighted by Gasteiger charge is 2.21. The summed E-state index contributed by atoms with van der Waals surface area (Å²) in [6, 6.07) is 11.5. The van der Waals surface area contributed by atoms with Crippen molar-refractivity contribution < 1.29 is 13.2 Å². The van der Waals surface area contributed by atoms with E-state index in [2.05, 4.69) is 5.32 Å². The molecule has 0 fully saturated rings. The molecule has 0 spiro atoms. The minimum atomic E-state index is -3.60. The lowest BCUT2D eigenvalue weighted by atomic mass is 10.2. The zero-order chi connectivity index (χ0) is 21.5. The lowest BCUT2D eigenvalue weighted by molar-refractivity contribution is 0.102. The summed E-state index contributed by atoms with van der Waals surface area (Å²) >= 11 is 0.